The van der Waals surface area contributed by atoms with Gasteiger partial charge in [0.1, 0.15) is 0 Å². The van der Waals surface area contributed by atoms with Gasteiger partial charge in [-0.1, -0.05) is 6.07 Å². The normalized spacial score (nSPS) is 28.9. The maximum Gasteiger partial charge on any atom is 0.416 e. The number of rotatable bonds is 2. The van der Waals surface area contributed by atoms with Crippen LogP contribution in [-0.4, -0.2) is 29.8 Å². The topological polar surface area (TPSA) is 20.3 Å². The van der Waals surface area contributed by atoms with E-state index in [-0.39, 0.29) is 17.3 Å². The predicted octanol–water partition coefficient (Wildman–Crippen LogP) is 4.07. The number of carbonyl (C=O) groups is 1. The Morgan fingerprint density at radius 1 is 1.18 bits per heavy atom. The lowest BCUT2D eigenvalue weighted by atomic mass is 9.84. The van der Waals surface area contributed by atoms with Crippen molar-refractivity contribution in [3.05, 3.63) is 34.9 Å². The Kier molecular flexibility index (Phi) is 3.79. The first-order valence-electron chi connectivity index (χ1n) is 7.71. The van der Waals surface area contributed by atoms with Crippen molar-refractivity contribution in [3.8, 4) is 0 Å². The van der Waals surface area contributed by atoms with Gasteiger partial charge in [0.25, 0.3) is 0 Å². The first kappa shape index (κ1) is 15.5. The molecule has 0 N–H and O–H groups in total. The summed E-state index contributed by atoms with van der Waals surface area (Å²) in [5.74, 6) is -0.0494. The first-order chi connectivity index (χ1) is 10.3. The van der Waals surface area contributed by atoms with Crippen LogP contribution in [0.25, 0.3) is 0 Å². The first-order valence-corrected chi connectivity index (χ1v) is 7.71. The van der Waals surface area contributed by atoms with Gasteiger partial charge in [0, 0.05) is 23.6 Å². The Morgan fingerprint density at radius 2 is 1.77 bits per heavy atom. The van der Waals surface area contributed by atoms with Gasteiger partial charge in [-0.25, -0.2) is 0 Å². The molecular formula is C17H20F3NO. The summed E-state index contributed by atoms with van der Waals surface area (Å²) in [4.78, 5) is 15.0. The van der Waals surface area contributed by atoms with Gasteiger partial charge in [-0.15, -0.1) is 0 Å². The van der Waals surface area contributed by atoms with E-state index in [4.69, 9.17) is 0 Å². The molecule has 2 unspecified atom stereocenters. The summed E-state index contributed by atoms with van der Waals surface area (Å²) in [6.45, 7) is 1.41. The molecule has 2 heterocycles. The molecule has 120 valence electrons. The van der Waals surface area contributed by atoms with Crippen molar-refractivity contribution in [2.45, 2.75) is 50.9 Å². The summed E-state index contributed by atoms with van der Waals surface area (Å²) in [7, 11) is 2.10. The number of hydrogen-bond acceptors (Lipinski definition) is 2. The molecule has 2 bridgehead atoms. The van der Waals surface area contributed by atoms with Crippen molar-refractivity contribution in [1.82, 2.24) is 4.90 Å². The third-order valence-electron chi connectivity index (χ3n) is 5.29. The van der Waals surface area contributed by atoms with E-state index in [0.717, 1.165) is 31.7 Å². The molecule has 3 rings (SSSR count). The van der Waals surface area contributed by atoms with Gasteiger partial charge in [0.05, 0.1) is 5.56 Å². The van der Waals surface area contributed by atoms with Crippen molar-refractivity contribution in [3.63, 3.8) is 0 Å². The molecule has 2 nitrogen and oxygen atoms in total. The average molecular weight is 311 g/mol. The lowest BCUT2D eigenvalue weighted by Gasteiger charge is -2.35. The third kappa shape index (κ3) is 2.67. The highest BCUT2D eigenvalue weighted by Crippen LogP contribution is 2.39. The number of carbonyl (C=O) groups excluding carboxylic acids is 1. The number of nitrogens with zero attached hydrogens (tertiary/aromatic N) is 1. The molecule has 5 heteroatoms. The second kappa shape index (κ2) is 5.37. The standard InChI is InChI=1S/C17H20F3NO/c1-10-7-11(3-6-15(10)17(18,19)20)16(22)12-8-13-4-5-14(9-12)21(13)2/h3,6-7,12-14H,4-5,8-9H2,1-2H3. The Hall–Kier alpha value is -1.36. The quantitative estimate of drug-likeness (QED) is 0.767. The second-order valence-corrected chi connectivity index (χ2v) is 6.61. The van der Waals surface area contributed by atoms with Gasteiger partial charge in [-0.3, -0.25) is 4.79 Å². The average Bonchev–Trinajstić information content (AvgIpc) is 2.66. The third-order valence-corrected chi connectivity index (χ3v) is 5.29. The van der Waals surface area contributed by atoms with Gasteiger partial charge in [0.15, 0.2) is 5.78 Å². The molecule has 1 aromatic rings. The molecule has 0 saturated carbocycles. The summed E-state index contributed by atoms with van der Waals surface area (Å²) in [5, 5.41) is 0. The number of fused-ring (bicyclic) bond motifs is 2. The molecule has 0 radical (unpaired) electrons. The molecule has 0 amide bonds. The Bertz CT molecular complexity index is 582. The molecule has 1 aromatic carbocycles. The summed E-state index contributed by atoms with van der Waals surface area (Å²) < 4.78 is 38.4. The fourth-order valence-electron chi connectivity index (χ4n) is 4.00. The molecule has 2 atom stereocenters. The maximum absolute atomic E-state index is 12.8. The lowest BCUT2D eigenvalue weighted by Crippen LogP contribution is -2.42. The van der Waals surface area contributed by atoms with Crippen LogP contribution in [0, 0.1) is 12.8 Å². The van der Waals surface area contributed by atoms with Crippen molar-refractivity contribution < 1.29 is 18.0 Å². The van der Waals surface area contributed by atoms with Crippen molar-refractivity contribution in [1.29, 1.82) is 0 Å². The van der Waals surface area contributed by atoms with Crippen LogP contribution in [0.4, 0.5) is 13.2 Å². The van der Waals surface area contributed by atoms with Crippen LogP contribution >= 0.6 is 0 Å². The van der Waals surface area contributed by atoms with Crippen LogP contribution in [0.15, 0.2) is 18.2 Å². The maximum atomic E-state index is 12.8. The van der Waals surface area contributed by atoms with Crippen LogP contribution in [0.3, 0.4) is 0 Å². The highest BCUT2D eigenvalue weighted by Gasteiger charge is 2.41. The highest BCUT2D eigenvalue weighted by molar-refractivity contribution is 5.98. The molecular weight excluding hydrogens is 291 g/mol. The van der Waals surface area contributed by atoms with Crippen LogP contribution in [-0.2, 0) is 6.18 Å². The summed E-state index contributed by atoms with van der Waals surface area (Å²) in [5.41, 5.74) is -0.124. The molecule has 22 heavy (non-hydrogen) atoms. The summed E-state index contributed by atoms with van der Waals surface area (Å²) in [6, 6.07) is 4.65. The van der Waals surface area contributed by atoms with Crippen LogP contribution in [0.1, 0.15) is 47.2 Å². The number of Topliss-reactive ketones (excluding diaryl/α,β-unsaturated/α-hetero) is 1. The second-order valence-electron chi connectivity index (χ2n) is 6.61. The van der Waals surface area contributed by atoms with E-state index in [2.05, 4.69) is 11.9 Å². The number of piperidine rings is 1. The zero-order chi connectivity index (χ0) is 16.1. The minimum atomic E-state index is -4.36. The minimum absolute atomic E-state index is 0.00169. The Morgan fingerprint density at radius 3 is 2.27 bits per heavy atom. The molecule has 0 aliphatic carbocycles. The number of hydrogen-bond donors (Lipinski definition) is 0. The van der Waals surface area contributed by atoms with Crippen molar-refractivity contribution in [2.24, 2.45) is 5.92 Å². The van der Waals surface area contributed by atoms with Gasteiger partial charge in [-0.05, 0) is 57.4 Å². The van der Waals surface area contributed by atoms with Gasteiger partial charge < -0.3 is 4.90 Å². The number of ketones is 1. The molecule has 2 saturated heterocycles. The molecule has 2 aliphatic heterocycles. The van der Waals surface area contributed by atoms with Crippen molar-refractivity contribution >= 4 is 5.78 Å². The molecule has 0 aromatic heterocycles. The van der Waals surface area contributed by atoms with E-state index < -0.39 is 11.7 Å². The zero-order valence-corrected chi connectivity index (χ0v) is 12.8. The SMILES string of the molecule is Cc1cc(C(=O)C2CC3CCC(C2)N3C)ccc1C(F)(F)F. The minimum Gasteiger partial charge on any atom is -0.300 e. The Balaban J connectivity index is 1.80. The van der Waals surface area contributed by atoms with E-state index in [1.165, 1.54) is 19.1 Å². The van der Waals surface area contributed by atoms with E-state index in [1.54, 1.807) is 0 Å². The van der Waals surface area contributed by atoms with Gasteiger partial charge in [-0.2, -0.15) is 13.2 Å². The summed E-state index contributed by atoms with van der Waals surface area (Å²) in [6.07, 6.45) is -0.468. The Labute approximate surface area is 128 Å². The molecule has 2 aliphatic rings. The van der Waals surface area contributed by atoms with E-state index in [9.17, 15) is 18.0 Å². The number of aryl methyl sites for hydroxylation is 1. The van der Waals surface area contributed by atoms with Crippen LogP contribution in [0.2, 0.25) is 0 Å². The van der Waals surface area contributed by atoms with E-state index in [1.807, 2.05) is 0 Å². The van der Waals surface area contributed by atoms with Crippen molar-refractivity contribution in [2.75, 3.05) is 7.05 Å². The largest absolute Gasteiger partial charge is 0.416 e. The zero-order valence-electron chi connectivity index (χ0n) is 12.8. The highest BCUT2D eigenvalue weighted by atomic mass is 19.4. The predicted molar refractivity (Wildman–Crippen MR) is 77.8 cm³/mol. The number of benzene rings is 1. The fourth-order valence-corrected chi connectivity index (χ4v) is 4.00. The van der Waals surface area contributed by atoms with Crippen LogP contribution in [0.5, 0.6) is 0 Å². The van der Waals surface area contributed by atoms with E-state index >= 15 is 0 Å². The molecule has 0 spiro atoms. The van der Waals surface area contributed by atoms with E-state index in [0.29, 0.717) is 17.6 Å². The fraction of sp³-hybridized carbons (Fsp3) is 0.588. The van der Waals surface area contributed by atoms with Gasteiger partial charge in [0.2, 0.25) is 0 Å². The smallest absolute Gasteiger partial charge is 0.300 e. The summed E-state index contributed by atoms with van der Waals surface area (Å²) >= 11 is 0. The molecule has 2 fully saturated rings. The number of halogens is 3. The van der Waals surface area contributed by atoms with Gasteiger partial charge >= 0.3 is 6.18 Å². The monoisotopic (exact) mass is 311 g/mol. The number of alkyl halides is 3. The van der Waals surface area contributed by atoms with Crippen LogP contribution < -0.4 is 0 Å². The lowest BCUT2D eigenvalue weighted by molar-refractivity contribution is -0.138.